The van der Waals surface area contributed by atoms with Crippen LogP contribution in [0.15, 0.2) is 59.6 Å². The lowest BCUT2D eigenvalue weighted by molar-refractivity contribution is -0.384. The highest BCUT2D eigenvalue weighted by molar-refractivity contribution is 6.03. The molecule has 4 aromatic rings. The molecule has 4 rings (SSSR count). The molecule has 0 atom stereocenters. The standard InChI is InChI=1S/C34H44N4O3/c1-2-3-4-5-6-7-8-9-10-11-12-13-14-17-24-37-32-19-16-15-18-31(32)36-34(37)35-26-30-29-22-21-28(38(40)41)25-27(29)20-23-33(30)39/h15-16,18-23,25-26,39H,2-14,17,24H2,1H3. The maximum Gasteiger partial charge on any atom is 0.270 e. The number of hydrogen-bond acceptors (Lipinski definition) is 5. The second kappa shape index (κ2) is 15.9. The average Bonchev–Trinajstić information content (AvgIpc) is 3.33. The number of para-hydroxylation sites is 2. The number of non-ortho nitro benzene ring substituents is 1. The Kier molecular flexibility index (Phi) is 11.7. The lowest BCUT2D eigenvalue weighted by Gasteiger charge is -2.08. The van der Waals surface area contributed by atoms with E-state index in [9.17, 15) is 15.2 Å². The predicted molar refractivity (Wildman–Crippen MR) is 170 cm³/mol. The summed E-state index contributed by atoms with van der Waals surface area (Å²) in [6.07, 6.45) is 20.2. The summed E-state index contributed by atoms with van der Waals surface area (Å²) in [6, 6.07) is 15.9. The van der Waals surface area contributed by atoms with Gasteiger partial charge in [0.15, 0.2) is 0 Å². The fourth-order valence-electron chi connectivity index (χ4n) is 5.55. The Morgan fingerprint density at radius 3 is 2.15 bits per heavy atom. The van der Waals surface area contributed by atoms with Crippen molar-refractivity contribution in [2.45, 2.75) is 103 Å². The van der Waals surface area contributed by atoms with E-state index in [0.717, 1.165) is 24.0 Å². The van der Waals surface area contributed by atoms with E-state index in [-0.39, 0.29) is 11.4 Å². The van der Waals surface area contributed by atoms with E-state index >= 15 is 0 Å². The quantitative estimate of drug-likeness (QED) is 0.0571. The summed E-state index contributed by atoms with van der Waals surface area (Å²) in [7, 11) is 0. The molecular formula is C34H44N4O3. The van der Waals surface area contributed by atoms with E-state index < -0.39 is 4.92 Å². The molecule has 0 spiro atoms. The lowest BCUT2D eigenvalue weighted by Crippen LogP contribution is -1.98. The van der Waals surface area contributed by atoms with Crippen LogP contribution in [0.3, 0.4) is 0 Å². The summed E-state index contributed by atoms with van der Waals surface area (Å²) in [5.74, 6) is 0.670. The van der Waals surface area contributed by atoms with Gasteiger partial charge in [-0.15, -0.1) is 0 Å². The molecule has 0 aliphatic heterocycles. The maximum absolute atomic E-state index is 11.2. The molecule has 3 aromatic carbocycles. The third-order valence-corrected chi connectivity index (χ3v) is 7.91. The first-order chi connectivity index (χ1) is 20.1. The number of nitro benzene ring substituents is 1. The molecule has 0 saturated heterocycles. The molecule has 0 fully saturated rings. The summed E-state index contributed by atoms with van der Waals surface area (Å²) in [5, 5.41) is 23.1. The molecule has 0 unspecified atom stereocenters. The Bertz CT molecular complexity index is 1440. The van der Waals surface area contributed by atoms with E-state index in [4.69, 9.17) is 9.98 Å². The zero-order chi connectivity index (χ0) is 28.9. The molecule has 0 aliphatic carbocycles. The van der Waals surface area contributed by atoms with E-state index in [2.05, 4.69) is 17.6 Å². The normalized spacial score (nSPS) is 11.7. The maximum atomic E-state index is 11.2. The Hall–Kier alpha value is -3.74. The third-order valence-electron chi connectivity index (χ3n) is 7.91. The highest BCUT2D eigenvalue weighted by atomic mass is 16.6. The minimum Gasteiger partial charge on any atom is -0.507 e. The van der Waals surface area contributed by atoms with Crippen LogP contribution in [-0.2, 0) is 6.54 Å². The Morgan fingerprint density at radius 1 is 0.854 bits per heavy atom. The molecule has 218 valence electrons. The van der Waals surface area contributed by atoms with Gasteiger partial charge in [-0.25, -0.2) is 9.98 Å². The Morgan fingerprint density at radius 2 is 1.49 bits per heavy atom. The highest BCUT2D eigenvalue weighted by Gasteiger charge is 2.12. The van der Waals surface area contributed by atoms with Crippen LogP contribution in [0.1, 0.15) is 102 Å². The zero-order valence-electron chi connectivity index (χ0n) is 24.4. The minimum atomic E-state index is -0.417. The number of hydrogen-bond donors (Lipinski definition) is 1. The molecule has 0 radical (unpaired) electrons. The molecular weight excluding hydrogens is 512 g/mol. The molecule has 0 saturated carbocycles. The van der Waals surface area contributed by atoms with Gasteiger partial charge in [-0.1, -0.05) is 109 Å². The van der Waals surface area contributed by atoms with E-state index in [1.807, 2.05) is 18.2 Å². The molecule has 0 aliphatic rings. The molecule has 0 amide bonds. The fraction of sp³-hybridized carbons (Fsp3) is 0.471. The summed E-state index contributed by atoms with van der Waals surface area (Å²) >= 11 is 0. The number of aliphatic imine (C=N–C) groups is 1. The van der Waals surface area contributed by atoms with Crippen molar-refractivity contribution in [2.75, 3.05) is 0 Å². The fourth-order valence-corrected chi connectivity index (χ4v) is 5.55. The smallest absolute Gasteiger partial charge is 0.270 e. The second-order valence-electron chi connectivity index (χ2n) is 11.1. The first kappa shape index (κ1) is 30.2. The van der Waals surface area contributed by atoms with Gasteiger partial charge in [0.1, 0.15) is 5.75 Å². The van der Waals surface area contributed by atoms with Gasteiger partial charge in [0.2, 0.25) is 5.95 Å². The van der Waals surface area contributed by atoms with Crippen LogP contribution < -0.4 is 0 Å². The van der Waals surface area contributed by atoms with Gasteiger partial charge in [-0.05, 0) is 41.5 Å². The van der Waals surface area contributed by atoms with Gasteiger partial charge in [-0.3, -0.25) is 10.1 Å². The van der Waals surface area contributed by atoms with Crippen LogP contribution >= 0.6 is 0 Å². The van der Waals surface area contributed by atoms with Crippen molar-refractivity contribution >= 4 is 39.7 Å². The van der Waals surface area contributed by atoms with E-state index in [0.29, 0.717) is 22.3 Å². The molecule has 7 nitrogen and oxygen atoms in total. The van der Waals surface area contributed by atoms with Crippen LogP contribution in [0, 0.1) is 10.1 Å². The highest BCUT2D eigenvalue weighted by Crippen LogP contribution is 2.30. The summed E-state index contributed by atoms with van der Waals surface area (Å²) in [5.41, 5.74) is 2.48. The monoisotopic (exact) mass is 556 g/mol. The van der Waals surface area contributed by atoms with Crippen molar-refractivity contribution < 1.29 is 10.0 Å². The summed E-state index contributed by atoms with van der Waals surface area (Å²) in [6.45, 7) is 3.10. The first-order valence-electron chi connectivity index (χ1n) is 15.5. The number of phenolic OH excluding ortho intramolecular Hbond substituents is 1. The van der Waals surface area contributed by atoms with Gasteiger partial charge in [0.05, 0.1) is 16.0 Å². The number of benzene rings is 3. The molecule has 1 N–H and O–H groups in total. The average molecular weight is 557 g/mol. The van der Waals surface area contributed by atoms with Crippen molar-refractivity contribution in [2.24, 2.45) is 4.99 Å². The predicted octanol–water partition coefficient (Wildman–Crippen LogP) is 10.0. The number of phenols is 1. The van der Waals surface area contributed by atoms with E-state index in [1.165, 1.54) is 95.6 Å². The largest absolute Gasteiger partial charge is 0.507 e. The molecule has 0 bridgehead atoms. The SMILES string of the molecule is CCCCCCCCCCCCCCCCn1c(N=Cc2c(O)ccc3cc([N+](=O)[O-])ccc23)nc2ccccc21. The van der Waals surface area contributed by atoms with Crippen molar-refractivity contribution in [3.63, 3.8) is 0 Å². The number of aryl methyl sites for hydroxylation is 1. The van der Waals surface area contributed by atoms with Gasteiger partial charge >= 0.3 is 0 Å². The van der Waals surface area contributed by atoms with Crippen LogP contribution in [0.25, 0.3) is 21.8 Å². The number of fused-ring (bicyclic) bond motifs is 2. The van der Waals surface area contributed by atoms with Gasteiger partial charge in [0, 0.05) is 30.5 Å². The van der Waals surface area contributed by atoms with Crippen molar-refractivity contribution in [3.8, 4) is 5.75 Å². The van der Waals surface area contributed by atoms with E-state index in [1.54, 1.807) is 24.4 Å². The van der Waals surface area contributed by atoms with Gasteiger partial charge in [0.25, 0.3) is 5.69 Å². The number of imidazole rings is 1. The van der Waals surface area contributed by atoms with Crippen LogP contribution in [0.4, 0.5) is 11.6 Å². The Balaban J connectivity index is 1.31. The third kappa shape index (κ3) is 8.62. The number of aromatic nitrogens is 2. The van der Waals surface area contributed by atoms with Crippen molar-refractivity contribution in [1.82, 2.24) is 9.55 Å². The summed E-state index contributed by atoms with van der Waals surface area (Å²) < 4.78 is 2.15. The molecule has 7 heteroatoms. The zero-order valence-corrected chi connectivity index (χ0v) is 24.4. The number of aromatic hydroxyl groups is 1. The number of rotatable bonds is 18. The Labute approximate surface area is 243 Å². The lowest BCUT2D eigenvalue weighted by atomic mass is 10.0. The number of nitrogens with zero attached hydrogens (tertiary/aromatic N) is 4. The molecule has 1 aromatic heterocycles. The van der Waals surface area contributed by atoms with Crippen molar-refractivity contribution in [3.05, 3.63) is 70.3 Å². The number of nitro groups is 1. The van der Waals surface area contributed by atoms with Crippen LogP contribution in [0.2, 0.25) is 0 Å². The summed E-state index contributed by atoms with van der Waals surface area (Å²) in [4.78, 5) is 20.2. The minimum absolute atomic E-state index is 0.0148. The second-order valence-corrected chi connectivity index (χ2v) is 11.1. The molecule has 41 heavy (non-hydrogen) atoms. The van der Waals surface area contributed by atoms with Crippen LogP contribution in [-0.4, -0.2) is 25.8 Å². The van der Waals surface area contributed by atoms with Crippen molar-refractivity contribution in [1.29, 1.82) is 0 Å². The van der Waals surface area contributed by atoms with Crippen LogP contribution in [0.5, 0.6) is 5.75 Å². The van der Waals surface area contributed by atoms with Gasteiger partial charge < -0.3 is 9.67 Å². The first-order valence-corrected chi connectivity index (χ1v) is 15.5. The van der Waals surface area contributed by atoms with Gasteiger partial charge in [-0.2, -0.15) is 0 Å². The number of unbranched alkanes of at least 4 members (excludes halogenated alkanes) is 13. The molecule has 1 heterocycles. The topological polar surface area (TPSA) is 93.5 Å².